The number of halogens is 2. The van der Waals surface area contributed by atoms with E-state index in [2.05, 4.69) is 5.32 Å². The van der Waals surface area contributed by atoms with Crippen LogP contribution < -0.4 is 5.32 Å². The molecule has 4 rings (SSSR count). The summed E-state index contributed by atoms with van der Waals surface area (Å²) in [4.78, 5) is 29.6. The van der Waals surface area contributed by atoms with Crippen molar-refractivity contribution in [2.24, 2.45) is 0 Å². The summed E-state index contributed by atoms with van der Waals surface area (Å²) in [6.45, 7) is 2.41. The van der Waals surface area contributed by atoms with Gasteiger partial charge in [0.2, 0.25) is 11.8 Å². The van der Waals surface area contributed by atoms with E-state index in [9.17, 15) is 9.59 Å². The molecular weight excluding hydrogens is 547 g/mol. The van der Waals surface area contributed by atoms with Crippen LogP contribution in [-0.4, -0.2) is 34.6 Å². The van der Waals surface area contributed by atoms with Crippen molar-refractivity contribution in [3.63, 3.8) is 0 Å². The van der Waals surface area contributed by atoms with Gasteiger partial charge in [-0.1, -0.05) is 103 Å². The fourth-order valence-corrected chi connectivity index (χ4v) is 6.71. The lowest BCUT2D eigenvalue weighted by Crippen LogP contribution is -2.53. The summed E-state index contributed by atoms with van der Waals surface area (Å²) in [5, 5.41) is 4.48. The molecule has 1 aliphatic carbocycles. The van der Waals surface area contributed by atoms with Crippen LogP contribution in [0.25, 0.3) is 0 Å². The predicted octanol–water partition coefficient (Wildman–Crippen LogP) is 7.62. The molecule has 0 spiro atoms. The largest absolute Gasteiger partial charge is 0.352 e. The molecule has 3 aromatic carbocycles. The molecule has 2 amide bonds. The first kappa shape index (κ1) is 29.5. The topological polar surface area (TPSA) is 49.4 Å². The fourth-order valence-electron chi connectivity index (χ4n) is 5.06. The molecule has 1 N–H and O–H groups in total. The Morgan fingerprint density at radius 3 is 2.28 bits per heavy atom. The fraction of sp³-hybridized carbons (Fsp3) is 0.375. The van der Waals surface area contributed by atoms with Gasteiger partial charge in [-0.2, -0.15) is 0 Å². The number of aryl methyl sites for hydroxylation is 1. The number of benzene rings is 3. The molecule has 0 bridgehead atoms. The van der Waals surface area contributed by atoms with Crippen molar-refractivity contribution in [3.05, 3.63) is 105 Å². The van der Waals surface area contributed by atoms with Gasteiger partial charge in [-0.25, -0.2) is 0 Å². The number of rotatable bonds is 11. The van der Waals surface area contributed by atoms with Gasteiger partial charge in [0.1, 0.15) is 6.04 Å². The van der Waals surface area contributed by atoms with Crippen LogP contribution in [-0.2, 0) is 28.3 Å². The first-order valence-electron chi connectivity index (χ1n) is 13.6. The predicted molar refractivity (Wildman–Crippen MR) is 163 cm³/mol. The molecule has 0 heterocycles. The summed E-state index contributed by atoms with van der Waals surface area (Å²) in [7, 11) is 0. The van der Waals surface area contributed by atoms with Crippen LogP contribution in [0.5, 0.6) is 0 Å². The third kappa shape index (κ3) is 8.51. The van der Waals surface area contributed by atoms with Gasteiger partial charge in [-0.15, -0.1) is 11.8 Å². The average molecular weight is 584 g/mol. The minimum absolute atomic E-state index is 0.0770. The van der Waals surface area contributed by atoms with Crippen molar-refractivity contribution in [1.82, 2.24) is 10.2 Å². The number of carbonyl (C=O) groups excluding carboxylic acids is 2. The molecule has 0 aromatic heterocycles. The molecule has 1 atom stereocenters. The van der Waals surface area contributed by atoms with Gasteiger partial charge in [-0.05, 0) is 54.2 Å². The molecule has 1 fully saturated rings. The third-order valence-corrected chi connectivity index (χ3v) is 9.01. The molecule has 0 radical (unpaired) electrons. The van der Waals surface area contributed by atoms with Gasteiger partial charge in [-0.3, -0.25) is 9.59 Å². The summed E-state index contributed by atoms with van der Waals surface area (Å²) in [6.07, 6.45) is 5.90. The second kappa shape index (κ2) is 14.8. The van der Waals surface area contributed by atoms with Crippen molar-refractivity contribution in [2.75, 3.05) is 5.75 Å². The molecule has 0 unspecified atom stereocenters. The number of hydrogen-bond acceptors (Lipinski definition) is 3. The zero-order valence-electron chi connectivity index (χ0n) is 22.4. The zero-order valence-corrected chi connectivity index (χ0v) is 24.7. The van der Waals surface area contributed by atoms with E-state index in [0.29, 0.717) is 28.8 Å². The Bertz CT molecular complexity index is 1230. The minimum atomic E-state index is -0.620. The average Bonchev–Trinajstić information content (AvgIpc) is 2.94. The molecule has 4 nitrogen and oxygen atoms in total. The molecule has 39 heavy (non-hydrogen) atoms. The van der Waals surface area contributed by atoms with Gasteiger partial charge >= 0.3 is 0 Å². The first-order chi connectivity index (χ1) is 18.9. The lowest BCUT2D eigenvalue weighted by atomic mass is 9.94. The van der Waals surface area contributed by atoms with Crippen molar-refractivity contribution < 1.29 is 9.59 Å². The first-order valence-corrected chi connectivity index (χ1v) is 15.5. The van der Waals surface area contributed by atoms with E-state index in [0.717, 1.165) is 47.9 Å². The molecule has 0 aliphatic heterocycles. The Morgan fingerprint density at radius 1 is 0.923 bits per heavy atom. The molecule has 1 saturated carbocycles. The molecule has 1 aliphatic rings. The number of carbonyl (C=O) groups is 2. The van der Waals surface area contributed by atoms with Gasteiger partial charge in [0, 0.05) is 34.8 Å². The second-order valence-electron chi connectivity index (χ2n) is 10.2. The van der Waals surface area contributed by atoms with Crippen LogP contribution in [0.3, 0.4) is 0 Å². The smallest absolute Gasteiger partial charge is 0.243 e. The van der Waals surface area contributed by atoms with Gasteiger partial charge in [0.05, 0.1) is 5.75 Å². The highest BCUT2D eigenvalue weighted by Gasteiger charge is 2.32. The maximum atomic E-state index is 13.9. The highest BCUT2D eigenvalue weighted by atomic mass is 35.5. The van der Waals surface area contributed by atoms with Crippen LogP contribution in [0.4, 0.5) is 0 Å². The number of amides is 2. The Morgan fingerprint density at radius 2 is 1.59 bits per heavy atom. The van der Waals surface area contributed by atoms with E-state index >= 15 is 0 Å². The van der Waals surface area contributed by atoms with Crippen LogP contribution >= 0.6 is 35.0 Å². The zero-order chi connectivity index (χ0) is 27.6. The van der Waals surface area contributed by atoms with Gasteiger partial charge in [0.15, 0.2) is 0 Å². The molecule has 7 heteroatoms. The van der Waals surface area contributed by atoms with Crippen LogP contribution in [0.2, 0.25) is 10.0 Å². The van der Waals surface area contributed by atoms with Gasteiger partial charge in [0.25, 0.3) is 0 Å². The summed E-state index contributed by atoms with van der Waals surface area (Å²) in [5.41, 5.74) is 3.98. The van der Waals surface area contributed by atoms with E-state index in [1.807, 2.05) is 67.6 Å². The Balaban J connectivity index is 1.59. The van der Waals surface area contributed by atoms with Crippen molar-refractivity contribution >= 4 is 46.8 Å². The van der Waals surface area contributed by atoms with E-state index in [1.165, 1.54) is 18.2 Å². The summed E-state index contributed by atoms with van der Waals surface area (Å²) < 4.78 is 0. The SMILES string of the molecule is Cc1ccccc1CN(C(=O)CSCc1c(Cl)cccc1Cl)[C@@H](Cc1ccccc1)C(=O)NC1CCCCC1. The monoisotopic (exact) mass is 582 g/mol. The highest BCUT2D eigenvalue weighted by Crippen LogP contribution is 2.29. The van der Waals surface area contributed by atoms with Crippen LogP contribution in [0, 0.1) is 6.92 Å². The Kier molecular flexibility index (Phi) is 11.2. The lowest BCUT2D eigenvalue weighted by molar-refractivity contribution is -0.139. The van der Waals surface area contributed by atoms with Crippen LogP contribution in [0.1, 0.15) is 54.4 Å². The number of thioether (sulfide) groups is 1. The minimum Gasteiger partial charge on any atom is -0.352 e. The second-order valence-corrected chi connectivity index (χ2v) is 12.0. The number of nitrogens with one attached hydrogen (secondary N) is 1. The summed E-state index contributed by atoms with van der Waals surface area (Å²) in [5.74, 6) is 0.577. The van der Waals surface area contributed by atoms with E-state index in [1.54, 1.807) is 17.0 Å². The number of hydrogen-bond donors (Lipinski definition) is 1. The standard InChI is InChI=1S/C32H36Cl2N2O2S/c1-23-11-8-9-14-25(23)20-36(31(37)22-39-21-27-28(33)17-10-18-29(27)34)30(19-24-12-4-2-5-13-24)32(38)35-26-15-6-3-7-16-26/h2,4-5,8-14,17-18,26,30H,3,6-7,15-16,19-22H2,1H3,(H,35,38)/t30-/m0/s1. The Hall–Kier alpha value is -2.47. The summed E-state index contributed by atoms with van der Waals surface area (Å²) >= 11 is 14.2. The summed E-state index contributed by atoms with van der Waals surface area (Å²) in [6, 6.07) is 23.0. The van der Waals surface area contributed by atoms with E-state index < -0.39 is 6.04 Å². The maximum Gasteiger partial charge on any atom is 0.243 e. The molecule has 0 saturated heterocycles. The van der Waals surface area contributed by atoms with Crippen molar-refractivity contribution in [3.8, 4) is 0 Å². The van der Waals surface area contributed by atoms with Crippen molar-refractivity contribution in [1.29, 1.82) is 0 Å². The Labute approximate surface area is 246 Å². The van der Waals surface area contributed by atoms with Gasteiger partial charge < -0.3 is 10.2 Å². The lowest BCUT2D eigenvalue weighted by Gasteiger charge is -2.34. The van der Waals surface area contributed by atoms with Crippen LogP contribution in [0.15, 0.2) is 72.8 Å². The third-order valence-electron chi connectivity index (χ3n) is 7.36. The van der Waals surface area contributed by atoms with E-state index in [-0.39, 0.29) is 23.6 Å². The quantitative estimate of drug-likeness (QED) is 0.253. The molecule has 3 aromatic rings. The molecule has 206 valence electrons. The highest BCUT2D eigenvalue weighted by molar-refractivity contribution is 7.99. The maximum absolute atomic E-state index is 13.9. The van der Waals surface area contributed by atoms with Crippen molar-refractivity contribution in [2.45, 2.75) is 69.8 Å². The molecular formula is C32H36Cl2N2O2S. The van der Waals surface area contributed by atoms with E-state index in [4.69, 9.17) is 23.2 Å². The number of nitrogens with zero attached hydrogens (tertiary/aromatic N) is 1. The normalized spacial score (nSPS) is 14.5.